The van der Waals surface area contributed by atoms with E-state index in [2.05, 4.69) is 10.1 Å². The van der Waals surface area contributed by atoms with E-state index in [0.29, 0.717) is 13.1 Å². The van der Waals surface area contributed by atoms with Crippen LogP contribution in [-0.2, 0) is 7.05 Å². The van der Waals surface area contributed by atoms with Crippen LogP contribution in [0.5, 0.6) is 0 Å². The molecular weight excluding hydrogens is 386 g/mol. The summed E-state index contributed by atoms with van der Waals surface area (Å²) in [5.74, 6) is 1.23. The molecule has 2 fully saturated rings. The van der Waals surface area contributed by atoms with Crippen LogP contribution in [0.15, 0.2) is 28.5 Å². The van der Waals surface area contributed by atoms with E-state index in [1.165, 1.54) is 17.5 Å². The summed E-state index contributed by atoms with van der Waals surface area (Å²) in [7, 11) is 1.74. The maximum atomic E-state index is 13.0. The van der Waals surface area contributed by atoms with Crippen molar-refractivity contribution >= 4 is 27.5 Å². The van der Waals surface area contributed by atoms with Crippen molar-refractivity contribution in [3.8, 4) is 0 Å². The highest BCUT2D eigenvalue weighted by molar-refractivity contribution is 7.16. The number of amides is 1. The number of likely N-dealkylation sites (tertiary alicyclic amines) is 1. The van der Waals surface area contributed by atoms with E-state index in [-0.39, 0.29) is 23.6 Å². The zero-order chi connectivity index (χ0) is 20.0. The third-order valence-corrected chi connectivity index (χ3v) is 7.19. The minimum absolute atomic E-state index is 0.00302. The van der Waals surface area contributed by atoms with E-state index in [9.17, 15) is 9.59 Å². The van der Waals surface area contributed by atoms with Gasteiger partial charge in [-0.05, 0) is 43.9 Å². The molecule has 1 saturated carbocycles. The van der Waals surface area contributed by atoms with Gasteiger partial charge in [0.15, 0.2) is 0 Å². The van der Waals surface area contributed by atoms with Crippen molar-refractivity contribution in [2.45, 2.75) is 50.5 Å². The third kappa shape index (κ3) is 3.29. The number of aryl methyl sites for hydroxylation is 1. The quantitative estimate of drug-likeness (QED) is 0.663. The first kappa shape index (κ1) is 18.5. The number of hydrogen-bond acceptors (Lipinski definition) is 5. The number of nitrogens with zero attached hydrogens (tertiary/aromatic N) is 5. The maximum absolute atomic E-state index is 13.0. The van der Waals surface area contributed by atoms with Gasteiger partial charge < -0.3 is 4.90 Å². The number of piperidine rings is 1. The molecule has 0 bridgehead atoms. The summed E-state index contributed by atoms with van der Waals surface area (Å²) in [5.41, 5.74) is 3.47. The van der Waals surface area contributed by atoms with Crippen LogP contribution < -0.4 is 5.69 Å². The fourth-order valence-corrected chi connectivity index (χ4v) is 5.51. The summed E-state index contributed by atoms with van der Waals surface area (Å²) >= 11 is 1.56. The molecule has 29 heavy (non-hydrogen) atoms. The van der Waals surface area contributed by atoms with E-state index < -0.39 is 0 Å². The highest BCUT2D eigenvalue weighted by Gasteiger charge is 2.31. The van der Waals surface area contributed by atoms with Crippen molar-refractivity contribution in [2.75, 3.05) is 13.1 Å². The van der Waals surface area contributed by atoms with Crippen LogP contribution in [0.1, 0.15) is 66.7 Å². The Labute approximate surface area is 173 Å². The van der Waals surface area contributed by atoms with Gasteiger partial charge in [0.2, 0.25) is 0 Å². The molecule has 0 spiro atoms. The second-order valence-electron chi connectivity index (χ2n) is 8.17. The lowest BCUT2D eigenvalue weighted by Crippen LogP contribution is -2.38. The van der Waals surface area contributed by atoms with Crippen LogP contribution in [0.2, 0.25) is 0 Å². The first-order valence-electron chi connectivity index (χ1n) is 10.4. The van der Waals surface area contributed by atoms with Gasteiger partial charge in [0.05, 0.1) is 15.7 Å². The molecule has 0 atom stereocenters. The predicted octanol–water partition coefficient (Wildman–Crippen LogP) is 3.33. The van der Waals surface area contributed by atoms with Gasteiger partial charge in [0.1, 0.15) is 5.82 Å². The number of aromatic nitrogens is 4. The molecule has 3 heterocycles. The van der Waals surface area contributed by atoms with Gasteiger partial charge in [-0.3, -0.25) is 9.36 Å². The first-order valence-corrected chi connectivity index (χ1v) is 11.3. The molecular formula is C21H25N5O2S. The van der Waals surface area contributed by atoms with Crippen molar-refractivity contribution in [1.82, 2.24) is 24.2 Å². The van der Waals surface area contributed by atoms with Crippen molar-refractivity contribution in [2.24, 2.45) is 7.05 Å². The minimum Gasteiger partial charge on any atom is -0.339 e. The Morgan fingerprint density at radius 1 is 1.14 bits per heavy atom. The van der Waals surface area contributed by atoms with Crippen LogP contribution >= 0.6 is 11.3 Å². The van der Waals surface area contributed by atoms with Crippen molar-refractivity contribution < 1.29 is 4.79 Å². The fourth-order valence-electron chi connectivity index (χ4n) is 4.79. The van der Waals surface area contributed by atoms with E-state index in [4.69, 9.17) is 0 Å². The Bertz CT molecular complexity index is 1100. The normalized spacial score (nSPS) is 18.7. The Morgan fingerprint density at radius 2 is 1.90 bits per heavy atom. The number of benzene rings is 1. The Kier molecular flexibility index (Phi) is 4.73. The van der Waals surface area contributed by atoms with Crippen molar-refractivity contribution in [3.05, 3.63) is 45.6 Å². The summed E-state index contributed by atoms with van der Waals surface area (Å²) in [6, 6.07) is 6.02. The molecule has 8 heteroatoms. The molecule has 1 aliphatic heterocycles. The zero-order valence-electron chi connectivity index (χ0n) is 16.6. The lowest BCUT2D eigenvalue weighted by atomic mass is 9.95. The van der Waals surface area contributed by atoms with Crippen LogP contribution in [-0.4, -0.2) is 43.2 Å². The second-order valence-corrected chi connectivity index (χ2v) is 9.06. The molecule has 2 aromatic heterocycles. The lowest BCUT2D eigenvalue weighted by Gasteiger charge is -2.32. The molecule has 1 saturated heterocycles. The molecule has 0 N–H and O–H groups in total. The minimum atomic E-state index is 0.00302. The Balaban J connectivity index is 1.32. The second kappa shape index (κ2) is 7.40. The SMILES string of the molecule is Cn1nc(C2CCN(C(=O)c3ccc4ncsc4c3)CC2)n(C2CCCC2)c1=O. The number of thiazole rings is 1. The summed E-state index contributed by atoms with van der Waals surface area (Å²) in [4.78, 5) is 31.8. The predicted molar refractivity (Wildman–Crippen MR) is 112 cm³/mol. The summed E-state index contributed by atoms with van der Waals surface area (Å²) < 4.78 is 4.47. The summed E-state index contributed by atoms with van der Waals surface area (Å²) in [5, 5.41) is 4.59. The van der Waals surface area contributed by atoms with Gasteiger partial charge in [0.25, 0.3) is 5.91 Å². The lowest BCUT2D eigenvalue weighted by molar-refractivity contribution is 0.0710. The molecule has 1 aliphatic carbocycles. The van der Waals surface area contributed by atoms with Gasteiger partial charge in [-0.25, -0.2) is 14.5 Å². The number of rotatable bonds is 3. The molecule has 7 nitrogen and oxygen atoms in total. The third-order valence-electron chi connectivity index (χ3n) is 6.40. The molecule has 0 radical (unpaired) electrons. The number of carbonyl (C=O) groups excluding carboxylic acids is 1. The van der Waals surface area contributed by atoms with Gasteiger partial charge in [-0.15, -0.1) is 11.3 Å². The standard InChI is InChI=1S/C21H25N5O2S/c1-24-21(28)26(16-4-2-3-5-16)19(23-24)14-8-10-25(11-9-14)20(27)15-6-7-17-18(12-15)29-13-22-17/h6-7,12-14,16H,2-5,8-11H2,1H3. The molecule has 0 unspecified atom stereocenters. The van der Waals surface area contributed by atoms with Crippen molar-refractivity contribution in [3.63, 3.8) is 0 Å². The van der Waals surface area contributed by atoms with E-state index >= 15 is 0 Å². The monoisotopic (exact) mass is 411 g/mol. The van der Waals surface area contributed by atoms with Gasteiger partial charge in [-0.1, -0.05) is 12.8 Å². The van der Waals surface area contributed by atoms with Crippen molar-refractivity contribution in [1.29, 1.82) is 0 Å². The van der Waals surface area contributed by atoms with Gasteiger partial charge in [0, 0.05) is 37.7 Å². The smallest absolute Gasteiger partial charge is 0.339 e. The Morgan fingerprint density at radius 3 is 2.66 bits per heavy atom. The molecule has 2 aliphatic rings. The van der Waals surface area contributed by atoms with E-state index in [1.807, 2.05) is 27.7 Å². The summed E-state index contributed by atoms with van der Waals surface area (Å²) in [6.45, 7) is 1.39. The molecule has 1 amide bonds. The molecule has 152 valence electrons. The summed E-state index contributed by atoms with van der Waals surface area (Å²) in [6.07, 6.45) is 6.19. The number of hydrogen-bond donors (Lipinski definition) is 0. The Hall–Kier alpha value is -2.48. The topological polar surface area (TPSA) is 73.0 Å². The highest BCUT2D eigenvalue weighted by Crippen LogP contribution is 2.34. The average molecular weight is 412 g/mol. The molecule has 5 rings (SSSR count). The number of carbonyl (C=O) groups is 1. The molecule has 3 aromatic rings. The first-order chi connectivity index (χ1) is 14.1. The number of fused-ring (bicyclic) bond motifs is 1. The average Bonchev–Trinajstić information content (AvgIpc) is 3.48. The molecule has 1 aromatic carbocycles. The van der Waals surface area contributed by atoms with Gasteiger partial charge in [-0.2, -0.15) is 5.10 Å². The van der Waals surface area contributed by atoms with Crippen LogP contribution in [0.4, 0.5) is 0 Å². The van der Waals surface area contributed by atoms with Crippen LogP contribution in [0.3, 0.4) is 0 Å². The fraction of sp³-hybridized carbons (Fsp3) is 0.524. The van der Waals surface area contributed by atoms with E-state index in [0.717, 1.165) is 47.3 Å². The largest absolute Gasteiger partial charge is 0.345 e. The highest BCUT2D eigenvalue weighted by atomic mass is 32.1. The van der Waals surface area contributed by atoms with Crippen LogP contribution in [0.25, 0.3) is 10.2 Å². The van der Waals surface area contributed by atoms with Crippen LogP contribution in [0, 0.1) is 0 Å². The maximum Gasteiger partial charge on any atom is 0.345 e. The zero-order valence-corrected chi connectivity index (χ0v) is 17.4. The van der Waals surface area contributed by atoms with E-state index in [1.54, 1.807) is 23.9 Å². The van der Waals surface area contributed by atoms with Gasteiger partial charge >= 0.3 is 5.69 Å².